The van der Waals surface area contributed by atoms with Crippen LogP contribution >= 0.6 is 0 Å². The molecule has 2 N–H and O–H groups in total. The van der Waals surface area contributed by atoms with Crippen molar-refractivity contribution in [1.29, 1.82) is 0 Å². The van der Waals surface area contributed by atoms with E-state index in [0.717, 1.165) is 12.3 Å². The number of aromatic carboxylic acids is 1. The lowest BCUT2D eigenvalue weighted by Gasteiger charge is -2.01. The Bertz CT molecular complexity index is 570. The molecule has 2 heterocycles. The van der Waals surface area contributed by atoms with Crippen LogP contribution in [0.3, 0.4) is 0 Å². The maximum atomic E-state index is 11.7. The zero-order valence-corrected chi connectivity index (χ0v) is 8.88. The Morgan fingerprint density at radius 2 is 2.29 bits per heavy atom. The molecular weight excluding hydrogens is 226 g/mol. The second-order valence-corrected chi connectivity index (χ2v) is 3.30. The molecule has 0 fully saturated rings. The van der Waals surface area contributed by atoms with Gasteiger partial charge in [-0.15, -0.1) is 0 Å². The number of anilines is 1. The summed E-state index contributed by atoms with van der Waals surface area (Å²) in [5.41, 5.74) is -0.0693. The lowest BCUT2D eigenvalue weighted by atomic mass is 10.3. The van der Waals surface area contributed by atoms with E-state index in [4.69, 9.17) is 9.52 Å². The number of aryl methyl sites for hydroxylation is 1. The van der Waals surface area contributed by atoms with Crippen molar-refractivity contribution in [3.05, 3.63) is 35.9 Å². The summed E-state index contributed by atoms with van der Waals surface area (Å²) in [6, 6.07) is 2.77. The van der Waals surface area contributed by atoms with Gasteiger partial charge in [-0.1, -0.05) is 0 Å². The predicted octanol–water partition coefficient (Wildman–Crippen LogP) is 0.964. The number of carboxylic acid groups (broad SMARTS) is 1. The van der Waals surface area contributed by atoms with Crippen LogP contribution in [-0.2, 0) is 7.05 Å². The third-order valence-electron chi connectivity index (χ3n) is 2.13. The number of amides is 1. The molecule has 0 aromatic carbocycles. The molecule has 0 radical (unpaired) electrons. The van der Waals surface area contributed by atoms with Gasteiger partial charge >= 0.3 is 5.97 Å². The summed E-state index contributed by atoms with van der Waals surface area (Å²) in [7, 11) is 1.67. The van der Waals surface area contributed by atoms with Crippen molar-refractivity contribution < 1.29 is 19.1 Å². The molecule has 0 bridgehead atoms. The quantitative estimate of drug-likeness (QED) is 0.825. The Labute approximate surface area is 95.7 Å². The molecule has 0 aliphatic heterocycles. The van der Waals surface area contributed by atoms with E-state index in [1.807, 2.05) is 0 Å². The maximum Gasteiger partial charge on any atom is 0.338 e. The number of carboxylic acids is 1. The van der Waals surface area contributed by atoms with Gasteiger partial charge in [0.15, 0.2) is 5.76 Å². The zero-order valence-electron chi connectivity index (χ0n) is 8.88. The molecule has 0 spiro atoms. The highest BCUT2D eigenvalue weighted by Gasteiger charge is 2.15. The molecule has 0 aliphatic rings. The molecule has 1 amide bonds. The smallest absolute Gasteiger partial charge is 0.338 e. The molecule has 0 atom stereocenters. The highest BCUT2D eigenvalue weighted by Crippen LogP contribution is 2.11. The first-order valence-electron chi connectivity index (χ1n) is 4.69. The van der Waals surface area contributed by atoms with Crippen molar-refractivity contribution in [3.63, 3.8) is 0 Å². The number of rotatable bonds is 3. The van der Waals surface area contributed by atoms with Crippen LogP contribution in [0.4, 0.5) is 5.82 Å². The van der Waals surface area contributed by atoms with Gasteiger partial charge in [-0.25, -0.2) is 4.79 Å². The molecular formula is C10H9N3O4. The number of hydrogen-bond acceptors (Lipinski definition) is 4. The lowest BCUT2D eigenvalue weighted by molar-refractivity contribution is 0.0696. The first-order chi connectivity index (χ1) is 8.08. The van der Waals surface area contributed by atoms with E-state index in [9.17, 15) is 9.59 Å². The van der Waals surface area contributed by atoms with Gasteiger partial charge in [-0.2, -0.15) is 5.10 Å². The minimum absolute atomic E-state index is 0.0661. The first-order valence-corrected chi connectivity index (χ1v) is 4.69. The number of hydrogen-bond donors (Lipinski definition) is 2. The van der Waals surface area contributed by atoms with Crippen LogP contribution in [0.2, 0.25) is 0 Å². The molecule has 0 saturated carbocycles. The summed E-state index contributed by atoms with van der Waals surface area (Å²) < 4.78 is 6.33. The fourth-order valence-corrected chi connectivity index (χ4v) is 1.24. The van der Waals surface area contributed by atoms with E-state index in [1.54, 1.807) is 13.1 Å². The standard InChI is InChI=1S/C10H9N3O4/c1-13-8(2-3-11-13)12-9(14)7-4-6(5-17-7)10(15)16/h2-5H,1H3,(H,12,14)(H,15,16). The van der Waals surface area contributed by atoms with Gasteiger partial charge in [0.25, 0.3) is 5.91 Å². The fraction of sp³-hybridized carbons (Fsp3) is 0.100. The van der Waals surface area contributed by atoms with Crippen molar-refractivity contribution in [2.75, 3.05) is 5.32 Å². The van der Waals surface area contributed by atoms with E-state index in [2.05, 4.69) is 10.4 Å². The first kappa shape index (κ1) is 10.9. The molecule has 0 aliphatic carbocycles. The monoisotopic (exact) mass is 235 g/mol. The van der Waals surface area contributed by atoms with Gasteiger partial charge in [-0.05, 0) is 0 Å². The minimum Gasteiger partial charge on any atom is -0.478 e. The maximum absolute atomic E-state index is 11.7. The average molecular weight is 235 g/mol. The summed E-state index contributed by atoms with van der Waals surface area (Å²) >= 11 is 0. The highest BCUT2D eigenvalue weighted by atomic mass is 16.4. The normalized spacial score (nSPS) is 10.2. The molecule has 7 heteroatoms. The van der Waals surface area contributed by atoms with Crippen molar-refractivity contribution >= 4 is 17.7 Å². The topological polar surface area (TPSA) is 97.4 Å². The Morgan fingerprint density at radius 3 is 2.82 bits per heavy atom. The third kappa shape index (κ3) is 2.17. The van der Waals surface area contributed by atoms with Crippen LogP contribution in [-0.4, -0.2) is 26.8 Å². The predicted molar refractivity (Wildman–Crippen MR) is 56.8 cm³/mol. The molecule has 2 aromatic heterocycles. The zero-order chi connectivity index (χ0) is 12.4. The summed E-state index contributed by atoms with van der Waals surface area (Å²) in [4.78, 5) is 22.3. The minimum atomic E-state index is -1.15. The van der Waals surface area contributed by atoms with Gasteiger partial charge < -0.3 is 14.8 Å². The number of carbonyl (C=O) groups is 2. The van der Waals surface area contributed by atoms with Crippen LogP contribution in [0.5, 0.6) is 0 Å². The highest BCUT2D eigenvalue weighted by molar-refractivity contribution is 6.03. The molecule has 2 aromatic rings. The number of nitrogens with one attached hydrogen (secondary N) is 1. The van der Waals surface area contributed by atoms with Gasteiger partial charge in [0.1, 0.15) is 12.1 Å². The van der Waals surface area contributed by atoms with Crippen LogP contribution < -0.4 is 5.32 Å². The largest absolute Gasteiger partial charge is 0.478 e. The summed E-state index contributed by atoms with van der Waals surface area (Å²) in [5, 5.41) is 15.1. The van der Waals surface area contributed by atoms with Gasteiger partial charge in [0.05, 0.1) is 11.8 Å². The van der Waals surface area contributed by atoms with Crippen LogP contribution in [0, 0.1) is 0 Å². The Kier molecular flexibility index (Phi) is 2.65. The third-order valence-corrected chi connectivity index (χ3v) is 2.13. The molecule has 88 valence electrons. The van der Waals surface area contributed by atoms with Crippen LogP contribution in [0.25, 0.3) is 0 Å². The van der Waals surface area contributed by atoms with E-state index in [1.165, 1.54) is 10.9 Å². The van der Waals surface area contributed by atoms with Crippen molar-refractivity contribution in [2.45, 2.75) is 0 Å². The molecule has 2 rings (SSSR count). The van der Waals surface area contributed by atoms with Crippen LogP contribution in [0.1, 0.15) is 20.9 Å². The molecule has 7 nitrogen and oxygen atoms in total. The Balaban J connectivity index is 2.15. The van der Waals surface area contributed by atoms with E-state index >= 15 is 0 Å². The Hall–Kier alpha value is -2.57. The number of aromatic nitrogens is 2. The van der Waals surface area contributed by atoms with Crippen LogP contribution in [0.15, 0.2) is 29.0 Å². The van der Waals surface area contributed by atoms with Gasteiger partial charge in [0, 0.05) is 19.2 Å². The summed E-state index contributed by atoms with van der Waals surface area (Å²) in [6.07, 6.45) is 2.54. The summed E-state index contributed by atoms with van der Waals surface area (Å²) in [5.74, 6) is -1.25. The van der Waals surface area contributed by atoms with Gasteiger partial charge in [0.2, 0.25) is 0 Å². The lowest BCUT2D eigenvalue weighted by Crippen LogP contribution is -2.13. The Morgan fingerprint density at radius 1 is 1.53 bits per heavy atom. The average Bonchev–Trinajstić information content (AvgIpc) is 2.88. The second kappa shape index (κ2) is 4.12. The fourth-order valence-electron chi connectivity index (χ4n) is 1.24. The van der Waals surface area contributed by atoms with E-state index < -0.39 is 11.9 Å². The van der Waals surface area contributed by atoms with E-state index in [-0.39, 0.29) is 11.3 Å². The van der Waals surface area contributed by atoms with Crippen molar-refractivity contribution in [3.8, 4) is 0 Å². The SMILES string of the molecule is Cn1nccc1NC(=O)c1cc(C(=O)O)co1. The number of carbonyl (C=O) groups excluding carboxylic acids is 1. The number of nitrogens with zero attached hydrogens (tertiary/aromatic N) is 2. The molecule has 0 saturated heterocycles. The second-order valence-electron chi connectivity index (χ2n) is 3.30. The molecule has 0 unspecified atom stereocenters. The number of furan rings is 1. The van der Waals surface area contributed by atoms with E-state index in [0.29, 0.717) is 5.82 Å². The molecule has 17 heavy (non-hydrogen) atoms. The van der Waals surface area contributed by atoms with Crippen molar-refractivity contribution in [2.24, 2.45) is 7.05 Å². The van der Waals surface area contributed by atoms with Gasteiger partial charge in [-0.3, -0.25) is 9.48 Å². The van der Waals surface area contributed by atoms with Crippen molar-refractivity contribution in [1.82, 2.24) is 9.78 Å². The summed E-state index contributed by atoms with van der Waals surface area (Å²) in [6.45, 7) is 0.